The van der Waals surface area contributed by atoms with Gasteiger partial charge in [-0.2, -0.15) is 20.3 Å². The topological polar surface area (TPSA) is 34.1 Å². The van der Waals surface area contributed by atoms with Gasteiger partial charge in [0.05, 0.1) is 0 Å². The molecule has 0 rings (SSSR count). The molecule has 0 fully saturated rings. The molecule has 0 aromatic heterocycles. The third-order valence-corrected chi connectivity index (χ3v) is 1.15. The Bertz CT molecular complexity index is 146. The van der Waals surface area contributed by atoms with Gasteiger partial charge in [0, 0.05) is 65.4 Å². The molecule has 18 heavy (non-hydrogen) atoms. The van der Waals surface area contributed by atoms with Gasteiger partial charge in [-0.05, 0) is 0 Å². The third kappa shape index (κ3) is 66.8. The molecule has 0 aromatic carbocycles. The molecular weight excluding hydrogens is 378 g/mol. The van der Waals surface area contributed by atoms with Crippen LogP contribution in [0.2, 0.25) is 0 Å². The zero-order valence-corrected chi connectivity index (χ0v) is 17.8. The Morgan fingerprint density at radius 3 is 1.39 bits per heavy atom. The van der Waals surface area contributed by atoms with E-state index in [1.807, 2.05) is 20.3 Å². The van der Waals surface area contributed by atoms with Gasteiger partial charge < -0.3 is 22.9 Å². The molecular formula is C14H24O2Y2-4. The number of hydrogen-bond acceptors (Lipinski definition) is 2. The fourth-order valence-electron chi connectivity index (χ4n) is 0.263. The van der Waals surface area contributed by atoms with Crippen molar-refractivity contribution in [2.45, 2.75) is 47.0 Å². The molecule has 0 unspecified atom stereocenters. The van der Waals surface area contributed by atoms with Gasteiger partial charge in [-0.1, -0.05) is 19.8 Å². The second-order valence-corrected chi connectivity index (χ2v) is 3.43. The number of carbonyl (C=O) groups excluding carboxylic acids is 2. The second-order valence-electron chi connectivity index (χ2n) is 3.43. The van der Waals surface area contributed by atoms with Crippen molar-refractivity contribution < 1.29 is 75.0 Å². The van der Waals surface area contributed by atoms with E-state index in [4.69, 9.17) is 0 Å². The Morgan fingerprint density at radius 2 is 1.28 bits per heavy atom. The van der Waals surface area contributed by atoms with E-state index in [1.165, 1.54) is 0 Å². The molecule has 0 aromatic rings. The first-order valence-corrected chi connectivity index (χ1v) is 5.48. The Morgan fingerprint density at radius 1 is 1.06 bits per heavy atom. The zero-order valence-electron chi connectivity index (χ0n) is 12.1. The first-order valence-electron chi connectivity index (χ1n) is 5.48. The fourth-order valence-corrected chi connectivity index (χ4v) is 0.263. The summed E-state index contributed by atoms with van der Waals surface area (Å²) in [5.41, 5.74) is 0. The van der Waals surface area contributed by atoms with Crippen LogP contribution in [0.1, 0.15) is 47.0 Å². The van der Waals surface area contributed by atoms with Gasteiger partial charge in [-0.15, -0.1) is 25.0 Å². The Balaban J connectivity index is -0.0000000494. The van der Waals surface area contributed by atoms with Crippen LogP contribution >= 0.6 is 0 Å². The molecule has 0 N–H and O–H groups in total. The molecule has 0 aliphatic rings. The summed E-state index contributed by atoms with van der Waals surface area (Å²) in [6, 6.07) is 0. The molecule has 2 radical (unpaired) electrons. The van der Waals surface area contributed by atoms with Crippen molar-refractivity contribution in [3.05, 3.63) is 25.5 Å². The second kappa shape index (κ2) is 36.2. The van der Waals surface area contributed by atoms with Crippen LogP contribution in [0.15, 0.2) is 12.2 Å². The summed E-state index contributed by atoms with van der Waals surface area (Å²) in [5.74, 6) is 0.773. The monoisotopic (exact) mass is 402 g/mol. The largest absolute Gasteiger partial charge is 0.541 e. The van der Waals surface area contributed by atoms with Crippen molar-refractivity contribution in [3.63, 3.8) is 0 Å². The van der Waals surface area contributed by atoms with E-state index in [1.54, 1.807) is 24.7 Å². The molecule has 0 bridgehead atoms. The molecule has 0 aliphatic heterocycles. The molecule has 4 heteroatoms. The molecule has 0 amide bonds. The van der Waals surface area contributed by atoms with Crippen LogP contribution < -0.4 is 0 Å². The van der Waals surface area contributed by atoms with Crippen molar-refractivity contribution in [2.75, 3.05) is 0 Å². The van der Waals surface area contributed by atoms with Gasteiger partial charge in [0.15, 0.2) is 0 Å². The molecule has 0 heterocycles. The zero-order chi connectivity index (χ0) is 13.2. The Labute approximate surface area is 164 Å². The molecule has 0 spiro atoms. The summed E-state index contributed by atoms with van der Waals surface area (Å²) in [7, 11) is 0. The van der Waals surface area contributed by atoms with Crippen LogP contribution in [-0.4, -0.2) is 12.6 Å². The van der Waals surface area contributed by atoms with Crippen LogP contribution in [0.5, 0.6) is 0 Å². The average Bonchev–Trinajstić information content (AvgIpc) is 2.26. The van der Waals surface area contributed by atoms with Crippen molar-refractivity contribution >= 4 is 12.6 Å². The summed E-state index contributed by atoms with van der Waals surface area (Å²) in [4.78, 5) is 19.0. The number of hydrogen-bond donors (Lipinski definition) is 0. The van der Waals surface area contributed by atoms with Gasteiger partial charge in [0.25, 0.3) is 0 Å². The molecule has 0 saturated carbocycles. The van der Waals surface area contributed by atoms with E-state index < -0.39 is 0 Å². The van der Waals surface area contributed by atoms with Gasteiger partial charge in [0.1, 0.15) is 0 Å². The fraction of sp³-hybridized carbons (Fsp3) is 0.571. The molecule has 0 aliphatic carbocycles. The first-order chi connectivity index (χ1) is 7.60. The molecule has 0 saturated heterocycles. The van der Waals surface area contributed by atoms with Crippen molar-refractivity contribution in [3.8, 4) is 0 Å². The molecule has 102 valence electrons. The predicted octanol–water partition coefficient (Wildman–Crippen LogP) is 3.63. The van der Waals surface area contributed by atoms with E-state index in [9.17, 15) is 9.59 Å². The van der Waals surface area contributed by atoms with E-state index in [2.05, 4.69) is 20.8 Å². The van der Waals surface area contributed by atoms with Crippen molar-refractivity contribution in [2.24, 2.45) is 5.92 Å². The smallest absolute Gasteiger partial charge is 0 e. The quantitative estimate of drug-likeness (QED) is 0.520. The van der Waals surface area contributed by atoms with E-state index in [-0.39, 0.29) is 78.3 Å². The minimum atomic E-state index is 0. The van der Waals surface area contributed by atoms with Gasteiger partial charge >= 0.3 is 0 Å². The van der Waals surface area contributed by atoms with Crippen molar-refractivity contribution in [1.82, 2.24) is 0 Å². The normalized spacial score (nSPS) is 7.89. The van der Waals surface area contributed by atoms with E-state index in [0.717, 1.165) is 12.3 Å². The number of rotatable bonds is 5. The summed E-state index contributed by atoms with van der Waals surface area (Å²) in [5, 5.41) is 0. The van der Waals surface area contributed by atoms with Crippen LogP contribution in [-0.2, 0) is 75.0 Å². The maximum Gasteiger partial charge on any atom is 0 e. The van der Waals surface area contributed by atoms with Crippen LogP contribution in [0.25, 0.3) is 0 Å². The van der Waals surface area contributed by atoms with Crippen LogP contribution in [0.3, 0.4) is 0 Å². The number of allylic oxidation sites excluding steroid dienone is 2. The predicted molar refractivity (Wildman–Crippen MR) is 70.2 cm³/mol. The summed E-state index contributed by atoms with van der Waals surface area (Å²) in [6.07, 6.45) is 10.1. The van der Waals surface area contributed by atoms with Gasteiger partial charge in [-0.3, -0.25) is 12.6 Å². The van der Waals surface area contributed by atoms with E-state index >= 15 is 0 Å². The Hall–Kier alpha value is 1.29. The van der Waals surface area contributed by atoms with Gasteiger partial charge in [0.2, 0.25) is 0 Å². The Kier molecular flexibility index (Phi) is 63.5. The summed E-state index contributed by atoms with van der Waals surface area (Å²) < 4.78 is 0. The van der Waals surface area contributed by atoms with Crippen LogP contribution in [0.4, 0.5) is 0 Å². The van der Waals surface area contributed by atoms with E-state index in [0.29, 0.717) is 0 Å². The maximum atomic E-state index is 9.49. The van der Waals surface area contributed by atoms with Crippen LogP contribution in [0, 0.1) is 19.3 Å². The third-order valence-electron chi connectivity index (χ3n) is 1.15. The average molecular weight is 402 g/mol. The first kappa shape index (κ1) is 31.6. The minimum absolute atomic E-state index is 0. The maximum absolute atomic E-state index is 9.49. The van der Waals surface area contributed by atoms with Crippen molar-refractivity contribution in [1.29, 1.82) is 0 Å². The SMILES string of the molecule is C[CH-]C.O=[C-]C/C=C/C[C-]=O.[CH2-]CC(C)C.[Y].[Y]. The molecule has 2 nitrogen and oxygen atoms in total. The van der Waals surface area contributed by atoms with Gasteiger partial charge in [-0.25, -0.2) is 0 Å². The summed E-state index contributed by atoms with van der Waals surface area (Å²) in [6.45, 7) is 12.0. The minimum Gasteiger partial charge on any atom is -0.541 e. The standard InChI is InChI=1S/C6H6O2.C5H11.C3H7.2Y/c7-5-3-1-2-4-6-8;1-4-5(2)3;1-3-2;;/h1-2H,3-4H2;5H,1,4H2,2-3H3;3H,1-2H3;;/q-2;2*-1;;/b2-1+;;;;. The molecule has 0 atom stereocenters. The summed E-state index contributed by atoms with van der Waals surface area (Å²) >= 11 is 0.